The average Bonchev–Trinajstić information content (AvgIpc) is 2.76. The molecule has 0 unspecified atom stereocenters. The first kappa shape index (κ1) is 17.8. The number of aromatic nitrogens is 1. The first-order valence-electron chi connectivity index (χ1n) is 9.24. The Bertz CT molecular complexity index is 1130. The minimum absolute atomic E-state index is 0.140. The highest BCUT2D eigenvalue weighted by Crippen LogP contribution is 2.27. The number of ether oxygens (including phenoxy) is 1. The monoisotopic (exact) mass is 367 g/mol. The highest BCUT2D eigenvalue weighted by atomic mass is 16.5. The highest BCUT2D eigenvalue weighted by Gasteiger charge is 2.09. The van der Waals surface area contributed by atoms with Gasteiger partial charge in [-0.2, -0.15) is 0 Å². The molecule has 0 N–H and O–H groups in total. The van der Waals surface area contributed by atoms with Crippen LogP contribution < -0.4 is 10.3 Å². The van der Waals surface area contributed by atoms with E-state index in [1.165, 1.54) is 0 Å². The summed E-state index contributed by atoms with van der Waals surface area (Å²) in [6.07, 6.45) is 1.85. The van der Waals surface area contributed by atoms with E-state index in [0.29, 0.717) is 12.4 Å². The Morgan fingerprint density at radius 2 is 1.32 bits per heavy atom. The van der Waals surface area contributed by atoms with Gasteiger partial charge in [-0.1, -0.05) is 78.9 Å². The number of hydrogen-bond acceptors (Lipinski definition) is 2. The summed E-state index contributed by atoms with van der Waals surface area (Å²) in [5.74, 6) is 0.356. The summed E-state index contributed by atoms with van der Waals surface area (Å²) in [6, 6.07) is 30.2. The summed E-state index contributed by atoms with van der Waals surface area (Å²) < 4.78 is 7.42. The van der Waals surface area contributed by atoms with Crippen LogP contribution in [-0.4, -0.2) is 4.57 Å². The first-order chi connectivity index (χ1) is 13.7. The van der Waals surface area contributed by atoms with Crippen LogP contribution in [-0.2, 0) is 13.7 Å². The van der Waals surface area contributed by atoms with Crippen LogP contribution in [0.15, 0.2) is 102 Å². The predicted molar refractivity (Wildman–Crippen MR) is 113 cm³/mol. The average molecular weight is 367 g/mol. The van der Waals surface area contributed by atoms with Crippen molar-refractivity contribution in [3.8, 4) is 28.0 Å². The lowest BCUT2D eigenvalue weighted by atomic mass is 10.00. The van der Waals surface area contributed by atoms with Crippen LogP contribution >= 0.6 is 0 Å². The lowest BCUT2D eigenvalue weighted by Gasteiger charge is -2.11. The Morgan fingerprint density at radius 1 is 0.714 bits per heavy atom. The molecular formula is C25H21NO2. The van der Waals surface area contributed by atoms with Crippen LogP contribution in [0.2, 0.25) is 0 Å². The molecule has 138 valence electrons. The molecule has 0 fully saturated rings. The lowest BCUT2D eigenvalue weighted by molar-refractivity contribution is 0.300. The predicted octanol–water partition coefficient (Wildman–Crippen LogP) is 5.30. The maximum Gasteiger partial charge on any atom is 0.292 e. The molecule has 28 heavy (non-hydrogen) atoms. The molecule has 1 aromatic heterocycles. The molecule has 1 heterocycles. The largest absolute Gasteiger partial charge is 0.483 e. The molecule has 0 spiro atoms. The van der Waals surface area contributed by atoms with Crippen molar-refractivity contribution in [2.24, 2.45) is 7.05 Å². The van der Waals surface area contributed by atoms with Crippen LogP contribution in [0.1, 0.15) is 5.56 Å². The van der Waals surface area contributed by atoms with E-state index >= 15 is 0 Å². The van der Waals surface area contributed by atoms with Crippen molar-refractivity contribution in [3.05, 3.63) is 113 Å². The van der Waals surface area contributed by atoms with E-state index in [0.717, 1.165) is 27.8 Å². The Kier molecular flexibility index (Phi) is 5.07. The third-order valence-corrected chi connectivity index (χ3v) is 4.69. The van der Waals surface area contributed by atoms with E-state index in [2.05, 4.69) is 24.3 Å². The van der Waals surface area contributed by atoms with Gasteiger partial charge in [0.25, 0.3) is 5.56 Å². The van der Waals surface area contributed by atoms with Crippen molar-refractivity contribution < 1.29 is 4.74 Å². The molecule has 0 saturated heterocycles. The quantitative estimate of drug-likeness (QED) is 0.479. The Balaban J connectivity index is 1.67. The Labute approximate surface area is 164 Å². The second kappa shape index (κ2) is 7.97. The second-order valence-electron chi connectivity index (χ2n) is 6.73. The fourth-order valence-electron chi connectivity index (χ4n) is 3.19. The smallest absolute Gasteiger partial charge is 0.292 e. The van der Waals surface area contributed by atoms with Gasteiger partial charge in [0.2, 0.25) is 0 Å². The third-order valence-electron chi connectivity index (χ3n) is 4.69. The fourth-order valence-corrected chi connectivity index (χ4v) is 3.19. The van der Waals surface area contributed by atoms with Gasteiger partial charge < -0.3 is 9.30 Å². The van der Waals surface area contributed by atoms with Crippen molar-refractivity contribution in [1.29, 1.82) is 0 Å². The van der Waals surface area contributed by atoms with E-state index in [1.807, 2.05) is 72.9 Å². The molecule has 0 bridgehead atoms. The molecule has 0 aliphatic heterocycles. The third kappa shape index (κ3) is 3.89. The zero-order chi connectivity index (χ0) is 19.3. The van der Waals surface area contributed by atoms with Crippen molar-refractivity contribution in [1.82, 2.24) is 4.57 Å². The summed E-state index contributed by atoms with van der Waals surface area (Å²) >= 11 is 0. The molecule has 0 atom stereocenters. The Morgan fingerprint density at radius 3 is 2.04 bits per heavy atom. The molecule has 0 aliphatic rings. The molecule has 3 heteroatoms. The molecule has 4 rings (SSSR count). The number of hydrogen-bond donors (Lipinski definition) is 0. The van der Waals surface area contributed by atoms with Gasteiger partial charge in [-0.3, -0.25) is 4.79 Å². The zero-order valence-electron chi connectivity index (χ0n) is 15.7. The van der Waals surface area contributed by atoms with E-state index in [4.69, 9.17) is 4.74 Å². The van der Waals surface area contributed by atoms with Gasteiger partial charge in [-0.15, -0.1) is 0 Å². The summed E-state index contributed by atoms with van der Waals surface area (Å²) in [5.41, 5.74) is 5.18. The number of rotatable bonds is 5. The molecule has 3 aromatic carbocycles. The van der Waals surface area contributed by atoms with Crippen molar-refractivity contribution in [2.75, 3.05) is 0 Å². The summed E-state index contributed by atoms with van der Waals surface area (Å²) in [5, 5.41) is 0. The van der Waals surface area contributed by atoms with Crippen LogP contribution in [0.5, 0.6) is 5.75 Å². The van der Waals surface area contributed by atoms with Gasteiger partial charge in [-0.25, -0.2) is 0 Å². The van der Waals surface area contributed by atoms with E-state index < -0.39 is 0 Å². The van der Waals surface area contributed by atoms with Crippen LogP contribution in [0.25, 0.3) is 22.3 Å². The molecule has 3 nitrogen and oxygen atoms in total. The molecule has 0 saturated carbocycles. The maximum atomic E-state index is 12.5. The second-order valence-corrected chi connectivity index (χ2v) is 6.73. The minimum Gasteiger partial charge on any atom is -0.483 e. The minimum atomic E-state index is -0.140. The first-order valence-corrected chi connectivity index (χ1v) is 9.24. The van der Waals surface area contributed by atoms with E-state index in [1.54, 1.807) is 11.6 Å². The molecular weight excluding hydrogens is 346 g/mol. The van der Waals surface area contributed by atoms with E-state index in [9.17, 15) is 4.79 Å². The number of benzene rings is 3. The molecule has 4 aromatic rings. The van der Waals surface area contributed by atoms with Crippen LogP contribution in [0, 0.1) is 0 Å². The highest BCUT2D eigenvalue weighted by molar-refractivity contribution is 5.73. The number of pyridine rings is 1. The maximum absolute atomic E-state index is 12.5. The number of nitrogens with zero attached hydrogens (tertiary/aromatic N) is 1. The van der Waals surface area contributed by atoms with Crippen molar-refractivity contribution in [3.63, 3.8) is 0 Å². The van der Waals surface area contributed by atoms with Gasteiger partial charge in [0.15, 0.2) is 5.75 Å². The number of aryl methyl sites for hydroxylation is 1. The Hall–Kier alpha value is -3.59. The fraction of sp³-hybridized carbons (Fsp3) is 0.0800. The van der Waals surface area contributed by atoms with Gasteiger partial charge in [0, 0.05) is 18.8 Å². The van der Waals surface area contributed by atoms with Crippen molar-refractivity contribution >= 4 is 0 Å². The summed E-state index contributed by atoms with van der Waals surface area (Å²) in [4.78, 5) is 12.5. The van der Waals surface area contributed by atoms with Gasteiger partial charge in [-0.05, 0) is 34.4 Å². The summed E-state index contributed by atoms with van der Waals surface area (Å²) in [7, 11) is 1.75. The van der Waals surface area contributed by atoms with E-state index in [-0.39, 0.29) is 5.56 Å². The van der Waals surface area contributed by atoms with Gasteiger partial charge in [0.05, 0.1) is 0 Å². The van der Waals surface area contributed by atoms with Crippen molar-refractivity contribution in [2.45, 2.75) is 6.61 Å². The molecule has 0 amide bonds. The van der Waals surface area contributed by atoms with Gasteiger partial charge >= 0.3 is 0 Å². The van der Waals surface area contributed by atoms with Gasteiger partial charge in [0.1, 0.15) is 6.61 Å². The standard InChI is InChI=1S/C25H21NO2/c1-26-17-23(16-24(25(26)27)28-18-19-9-4-2-5-10-19)22-14-8-13-21(15-22)20-11-6-3-7-12-20/h2-17H,18H2,1H3. The molecule has 0 radical (unpaired) electrons. The zero-order valence-corrected chi connectivity index (χ0v) is 15.7. The SMILES string of the molecule is Cn1cc(-c2cccc(-c3ccccc3)c2)cc(OCc2ccccc2)c1=O. The topological polar surface area (TPSA) is 31.2 Å². The summed E-state index contributed by atoms with van der Waals surface area (Å²) in [6.45, 7) is 0.365. The molecule has 0 aliphatic carbocycles. The van der Waals surface area contributed by atoms with Crippen LogP contribution in [0.3, 0.4) is 0 Å². The lowest BCUT2D eigenvalue weighted by Crippen LogP contribution is -2.18. The van der Waals surface area contributed by atoms with Crippen LogP contribution in [0.4, 0.5) is 0 Å². The normalized spacial score (nSPS) is 10.6.